The van der Waals surface area contributed by atoms with Gasteiger partial charge in [-0.05, 0) is 18.2 Å². The first-order chi connectivity index (χ1) is 8.38. The molecule has 5 nitrogen and oxygen atoms in total. The molecule has 0 radical (unpaired) electrons. The Bertz CT molecular complexity index is 518. The van der Waals surface area contributed by atoms with E-state index in [4.69, 9.17) is 5.26 Å². The molecule has 17 heavy (non-hydrogen) atoms. The molecule has 5 heteroatoms. The molecule has 0 saturated carbocycles. The number of rotatable bonds is 4. The van der Waals surface area contributed by atoms with Crippen LogP contribution in [0, 0.1) is 11.3 Å². The number of hydrogen-bond acceptors (Lipinski definition) is 5. The summed E-state index contributed by atoms with van der Waals surface area (Å²) in [6, 6.07) is 9.35. The Morgan fingerprint density at radius 3 is 2.88 bits per heavy atom. The third kappa shape index (κ3) is 3.24. The molecule has 0 amide bonds. The van der Waals surface area contributed by atoms with Crippen LogP contribution in [0.5, 0.6) is 0 Å². The molecule has 0 atom stereocenters. The second-order valence-corrected chi connectivity index (χ2v) is 3.38. The fourth-order valence-corrected chi connectivity index (χ4v) is 1.35. The number of hydrogen-bond donors (Lipinski definition) is 1. The van der Waals surface area contributed by atoms with Gasteiger partial charge in [0.25, 0.3) is 0 Å². The van der Waals surface area contributed by atoms with Crippen molar-refractivity contribution in [1.29, 1.82) is 5.26 Å². The maximum atomic E-state index is 8.69. The van der Waals surface area contributed by atoms with Crippen molar-refractivity contribution in [1.82, 2.24) is 15.0 Å². The molecule has 2 aromatic rings. The van der Waals surface area contributed by atoms with Gasteiger partial charge in [-0.2, -0.15) is 5.26 Å². The Balaban J connectivity index is 1.88. The SMILES string of the molecule is N#Cc1ccnc(NCCc2ccccn2)n1. The molecule has 2 heterocycles. The highest BCUT2D eigenvalue weighted by atomic mass is 15.1. The molecule has 0 bridgehead atoms. The van der Waals surface area contributed by atoms with Gasteiger partial charge in [0.15, 0.2) is 0 Å². The van der Waals surface area contributed by atoms with Crippen molar-refractivity contribution in [3.05, 3.63) is 48.0 Å². The van der Waals surface area contributed by atoms with E-state index < -0.39 is 0 Å². The van der Waals surface area contributed by atoms with Crippen molar-refractivity contribution >= 4 is 5.95 Å². The lowest BCUT2D eigenvalue weighted by molar-refractivity contribution is 0.939. The first-order valence-corrected chi connectivity index (χ1v) is 5.25. The molecule has 2 aromatic heterocycles. The number of nitriles is 1. The van der Waals surface area contributed by atoms with Crippen molar-refractivity contribution in [2.45, 2.75) is 6.42 Å². The van der Waals surface area contributed by atoms with Crippen LogP contribution in [0.1, 0.15) is 11.4 Å². The quantitative estimate of drug-likeness (QED) is 0.851. The van der Waals surface area contributed by atoms with Gasteiger partial charge in [0.1, 0.15) is 11.8 Å². The Hall–Kier alpha value is -2.48. The fourth-order valence-electron chi connectivity index (χ4n) is 1.35. The van der Waals surface area contributed by atoms with E-state index in [1.165, 1.54) is 0 Å². The van der Waals surface area contributed by atoms with Gasteiger partial charge in [0.2, 0.25) is 5.95 Å². The monoisotopic (exact) mass is 225 g/mol. The normalized spacial score (nSPS) is 9.59. The summed E-state index contributed by atoms with van der Waals surface area (Å²) in [5.74, 6) is 0.472. The molecule has 0 aliphatic carbocycles. The highest BCUT2D eigenvalue weighted by molar-refractivity contribution is 5.30. The number of aromatic nitrogens is 3. The van der Waals surface area contributed by atoms with Gasteiger partial charge in [0.05, 0.1) is 0 Å². The zero-order valence-corrected chi connectivity index (χ0v) is 9.17. The first-order valence-electron chi connectivity index (χ1n) is 5.25. The van der Waals surface area contributed by atoms with Gasteiger partial charge < -0.3 is 5.32 Å². The topological polar surface area (TPSA) is 74.5 Å². The average Bonchev–Trinajstić information content (AvgIpc) is 2.40. The Morgan fingerprint density at radius 2 is 2.12 bits per heavy atom. The van der Waals surface area contributed by atoms with Crippen molar-refractivity contribution in [3.8, 4) is 6.07 Å². The zero-order chi connectivity index (χ0) is 11.9. The van der Waals surface area contributed by atoms with Gasteiger partial charge in [-0.15, -0.1) is 0 Å². The van der Waals surface area contributed by atoms with Crippen LogP contribution in [0.4, 0.5) is 5.95 Å². The number of anilines is 1. The highest BCUT2D eigenvalue weighted by Crippen LogP contribution is 2.00. The second kappa shape index (κ2) is 5.56. The van der Waals surface area contributed by atoms with Gasteiger partial charge in [-0.3, -0.25) is 4.98 Å². The number of nitrogens with zero attached hydrogens (tertiary/aromatic N) is 4. The van der Waals surface area contributed by atoms with E-state index in [9.17, 15) is 0 Å². The van der Waals surface area contributed by atoms with Crippen LogP contribution in [-0.4, -0.2) is 21.5 Å². The predicted molar refractivity (Wildman–Crippen MR) is 63.2 cm³/mol. The summed E-state index contributed by atoms with van der Waals surface area (Å²) in [5, 5.41) is 11.7. The molecule has 2 rings (SSSR count). The molecule has 0 aliphatic rings. The molecule has 0 saturated heterocycles. The number of nitrogens with one attached hydrogen (secondary N) is 1. The molecular formula is C12H11N5. The Labute approximate surface area is 99.2 Å². The van der Waals surface area contributed by atoms with Gasteiger partial charge in [-0.1, -0.05) is 6.07 Å². The summed E-state index contributed by atoms with van der Waals surface area (Å²) in [6.07, 6.45) is 4.12. The lowest BCUT2D eigenvalue weighted by Crippen LogP contribution is -2.08. The molecule has 1 N–H and O–H groups in total. The maximum absolute atomic E-state index is 8.69. The van der Waals surface area contributed by atoms with E-state index in [1.807, 2.05) is 24.3 Å². The minimum absolute atomic E-state index is 0.361. The van der Waals surface area contributed by atoms with Crippen LogP contribution in [-0.2, 0) is 6.42 Å². The van der Waals surface area contributed by atoms with Crippen molar-refractivity contribution in [2.75, 3.05) is 11.9 Å². The standard InChI is InChI=1S/C12H11N5/c13-9-11-5-8-16-12(17-11)15-7-4-10-3-1-2-6-14-10/h1-3,5-6,8H,4,7H2,(H,15,16,17). The molecule has 84 valence electrons. The molecule has 0 spiro atoms. The summed E-state index contributed by atoms with van der Waals surface area (Å²) >= 11 is 0. The summed E-state index contributed by atoms with van der Waals surface area (Å²) < 4.78 is 0. The van der Waals surface area contributed by atoms with E-state index >= 15 is 0 Å². The van der Waals surface area contributed by atoms with E-state index in [-0.39, 0.29) is 0 Å². The highest BCUT2D eigenvalue weighted by Gasteiger charge is 1.98. The lowest BCUT2D eigenvalue weighted by atomic mass is 10.3. The maximum Gasteiger partial charge on any atom is 0.223 e. The molecule has 0 fully saturated rings. The summed E-state index contributed by atoms with van der Waals surface area (Å²) in [7, 11) is 0. The largest absolute Gasteiger partial charge is 0.354 e. The van der Waals surface area contributed by atoms with E-state index in [2.05, 4.69) is 20.3 Å². The molecule has 0 unspecified atom stereocenters. The minimum Gasteiger partial charge on any atom is -0.354 e. The summed E-state index contributed by atoms with van der Waals surface area (Å²) in [4.78, 5) is 12.3. The van der Waals surface area contributed by atoms with Crippen LogP contribution < -0.4 is 5.32 Å². The van der Waals surface area contributed by atoms with Gasteiger partial charge in [0, 0.05) is 31.1 Å². The Morgan fingerprint density at radius 1 is 1.18 bits per heavy atom. The van der Waals surface area contributed by atoms with Crippen LogP contribution >= 0.6 is 0 Å². The fraction of sp³-hybridized carbons (Fsp3) is 0.167. The zero-order valence-electron chi connectivity index (χ0n) is 9.17. The minimum atomic E-state index is 0.361. The van der Waals surface area contributed by atoms with E-state index in [1.54, 1.807) is 18.5 Å². The second-order valence-electron chi connectivity index (χ2n) is 3.38. The van der Waals surface area contributed by atoms with E-state index in [0.29, 0.717) is 18.2 Å². The van der Waals surface area contributed by atoms with Crippen molar-refractivity contribution in [2.24, 2.45) is 0 Å². The third-order valence-electron chi connectivity index (χ3n) is 2.16. The van der Waals surface area contributed by atoms with Crippen molar-refractivity contribution < 1.29 is 0 Å². The smallest absolute Gasteiger partial charge is 0.223 e. The summed E-state index contributed by atoms with van der Waals surface area (Å²) in [6.45, 7) is 0.686. The Kier molecular flexibility index (Phi) is 3.61. The molecule has 0 aromatic carbocycles. The molecular weight excluding hydrogens is 214 g/mol. The third-order valence-corrected chi connectivity index (χ3v) is 2.16. The molecule has 0 aliphatic heterocycles. The van der Waals surface area contributed by atoms with Gasteiger partial charge >= 0.3 is 0 Å². The van der Waals surface area contributed by atoms with Crippen LogP contribution in [0.15, 0.2) is 36.7 Å². The van der Waals surface area contributed by atoms with Crippen LogP contribution in [0.2, 0.25) is 0 Å². The average molecular weight is 225 g/mol. The van der Waals surface area contributed by atoms with Crippen LogP contribution in [0.3, 0.4) is 0 Å². The predicted octanol–water partition coefficient (Wildman–Crippen LogP) is 1.40. The first kappa shape index (κ1) is 11.0. The number of pyridine rings is 1. The van der Waals surface area contributed by atoms with E-state index in [0.717, 1.165) is 12.1 Å². The van der Waals surface area contributed by atoms with Gasteiger partial charge in [-0.25, -0.2) is 9.97 Å². The van der Waals surface area contributed by atoms with Crippen molar-refractivity contribution in [3.63, 3.8) is 0 Å². The summed E-state index contributed by atoms with van der Waals surface area (Å²) in [5.41, 5.74) is 1.37. The van der Waals surface area contributed by atoms with Crippen LogP contribution in [0.25, 0.3) is 0 Å². The lowest BCUT2D eigenvalue weighted by Gasteiger charge is -2.03.